The molecule has 0 unspecified atom stereocenters. The lowest BCUT2D eigenvalue weighted by Gasteiger charge is -2.15. The molecule has 4 aromatic rings. The minimum atomic E-state index is -0.447. The van der Waals surface area contributed by atoms with Crippen molar-refractivity contribution in [2.45, 2.75) is 32.9 Å². The van der Waals surface area contributed by atoms with Crippen LogP contribution in [0.5, 0.6) is 5.75 Å². The van der Waals surface area contributed by atoms with Crippen LogP contribution in [0.2, 0.25) is 0 Å². The number of fused-ring (bicyclic) bond motifs is 1. The van der Waals surface area contributed by atoms with Crippen LogP contribution in [0.15, 0.2) is 61.1 Å². The number of aromatic nitrogens is 3. The molecule has 0 spiro atoms. The minimum Gasteiger partial charge on any atom is -0.508 e. The number of phenols is 1. The second-order valence-corrected chi connectivity index (χ2v) is 7.72. The first kappa shape index (κ1) is 20.5. The van der Waals surface area contributed by atoms with Crippen molar-refractivity contribution in [2.75, 3.05) is 0 Å². The zero-order valence-electron chi connectivity index (χ0n) is 17.3. The van der Waals surface area contributed by atoms with Gasteiger partial charge >= 0.3 is 0 Å². The molecule has 1 aromatic carbocycles. The van der Waals surface area contributed by atoms with Crippen LogP contribution in [0.1, 0.15) is 47.1 Å². The summed E-state index contributed by atoms with van der Waals surface area (Å²) in [5.74, 6) is -0.546. The molecule has 4 rings (SSSR count). The van der Waals surface area contributed by atoms with Gasteiger partial charge < -0.3 is 15.0 Å². The van der Waals surface area contributed by atoms with Crippen molar-refractivity contribution in [1.82, 2.24) is 19.9 Å². The molecule has 0 bridgehead atoms. The van der Waals surface area contributed by atoms with Crippen LogP contribution in [0.4, 0.5) is 4.39 Å². The predicted molar refractivity (Wildman–Crippen MR) is 116 cm³/mol. The fourth-order valence-electron chi connectivity index (χ4n) is 3.84. The van der Waals surface area contributed by atoms with Crippen molar-refractivity contribution in [1.29, 1.82) is 0 Å². The van der Waals surface area contributed by atoms with Gasteiger partial charge in [0.1, 0.15) is 11.6 Å². The summed E-state index contributed by atoms with van der Waals surface area (Å²) in [6.45, 7) is 4.67. The first-order chi connectivity index (χ1) is 14.9. The molecule has 31 heavy (non-hydrogen) atoms. The summed E-state index contributed by atoms with van der Waals surface area (Å²) in [6.07, 6.45) is 4.38. The lowest BCUT2D eigenvalue weighted by Crippen LogP contribution is -2.24. The summed E-state index contributed by atoms with van der Waals surface area (Å²) in [4.78, 5) is 21.5. The van der Waals surface area contributed by atoms with E-state index in [0.29, 0.717) is 17.7 Å². The van der Waals surface area contributed by atoms with E-state index in [-0.39, 0.29) is 24.1 Å². The highest BCUT2D eigenvalue weighted by molar-refractivity contribution is 6.09. The highest BCUT2D eigenvalue weighted by Crippen LogP contribution is 2.34. The van der Waals surface area contributed by atoms with Gasteiger partial charge in [-0.3, -0.25) is 14.8 Å². The van der Waals surface area contributed by atoms with Crippen LogP contribution < -0.4 is 5.32 Å². The van der Waals surface area contributed by atoms with Gasteiger partial charge in [0, 0.05) is 36.1 Å². The Morgan fingerprint density at radius 3 is 2.74 bits per heavy atom. The number of halogens is 1. The first-order valence-electron chi connectivity index (χ1n) is 10.1. The standard InChI is InChI=1S/C24H23FN4O2/c1-15(2)23-22(24(31)28-12-16-9-17(25)13-26-11-16)20-7-6-19(30)10-21(20)29(23)14-18-5-3-4-8-27-18/h3-11,13,15,30H,12,14H2,1-2H3,(H,28,31). The Balaban J connectivity index is 1.78. The molecule has 0 aliphatic heterocycles. The Bertz CT molecular complexity index is 1240. The third kappa shape index (κ3) is 4.26. The molecular weight excluding hydrogens is 395 g/mol. The molecule has 2 N–H and O–H groups in total. The van der Waals surface area contributed by atoms with E-state index in [0.717, 1.165) is 28.5 Å². The zero-order chi connectivity index (χ0) is 22.0. The van der Waals surface area contributed by atoms with Crippen molar-refractivity contribution >= 4 is 16.8 Å². The molecule has 158 valence electrons. The van der Waals surface area contributed by atoms with Gasteiger partial charge in [0.15, 0.2) is 0 Å². The van der Waals surface area contributed by atoms with Gasteiger partial charge in [-0.05, 0) is 41.8 Å². The van der Waals surface area contributed by atoms with Gasteiger partial charge in [0.2, 0.25) is 0 Å². The Kier molecular flexibility index (Phi) is 5.66. The number of carbonyl (C=O) groups excluding carboxylic acids is 1. The highest BCUT2D eigenvalue weighted by Gasteiger charge is 2.25. The normalized spacial score (nSPS) is 11.2. The van der Waals surface area contributed by atoms with E-state index < -0.39 is 5.82 Å². The Morgan fingerprint density at radius 1 is 1.19 bits per heavy atom. The van der Waals surface area contributed by atoms with Crippen LogP contribution in [-0.2, 0) is 13.1 Å². The third-order valence-corrected chi connectivity index (χ3v) is 5.12. The number of amides is 1. The van der Waals surface area contributed by atoms with Crippen LogP contribution in [0.3, 0.4) is 0 Å². The van der Waals surface area contributed by atoms with Gasteiger partial charge in [-0.2, -0.15) is 0 Å². The molecule has 7 heteroatoms. The monoisotopic (exact) mass is 418 g/mol. The van der Waals surface area contributed by atoms with E-state index in [4.69, 9.17) is 0 Å². The highest BCUT2D eigenvalue weighted by atomic mass is 19.1. The lowest BCUT2D eigenvalue weighted by atomic mass is 10.0. The van der Waals surface area contributed by atoms with E-state index in [1.807, 2.05) is 36.6 Å². The molecule has 0 aliphatic rings. The topological polar surface area (TPSA) is 80.0 Å². The Labute approximate surface area is 179 Å². The number of benzene rings is 1. The number of hydrogen-bond donors (Lipinski definition) is 2. The van der Waals surface area contributed by atoms with Gasteiger partial charge in [-0.25, -0.2) is 4.39 Å². The fourth-order valence-corrected chi connectivity index (χ4v) is 3.84. The summed E-state index contributed by atoms with van der Waals surface area (Å²) in [7, 11) is 0. The number of hydrogen-bond acceptors (Lipinski definition) is 4. The van der Waals surface area contributed by atoms with Crippen LogP contribution >= 0.6 is 0 Å². The van der Waals surface area contributed by atoms with Crippen LogP contribution in [-0.4, -0.2) is 25.5 Å². The average Bonchev–Trinajstić information content (AvgIpc) is 3.06. The summed E-state index contributed by atoms with van der Waals surface area (Å²) < 4.78 is 15.5. The maximum atomic E-state index is 13.4. The van der Waals surface area contributed by atoms with Crippen LogP contribution in [0.25, 0.3) is 10.9 Å². The number of nitrogens with zero attached hydrogens (tertiary/aromatic N) is 3. The summed E-state index contributed by atoms with van der Waals surface area (Å²) >= 11 is 0. The van der Waals surface area contributed by atoms with Gasteiger partial charge in [-0.1, -0.05) is 19.9 Å². The van der Waals surface area contributed by atoms with E-state index in [9.17, 15) is 14.3 Å². The molecule has 3 heterocycles. The Morgan fingerprint density at radius 2 is 2.03 bits per heavy atom. The SMILES string of the molecule is CC(C)c1c(C(=O)NCc2cncc(F)c2)c2ccc(O)cc2n1Cc1ccccn1. The van der Waals surface area contributed by atoms with Gasteiger partial charge in [-0.15, -0.1) is 0 Å². The van der Waals surface area contributed by atoms with E-state index in [1.165, 1.54) is 12.3 Å². The molecule has 0 aliphatic carbocycles. The van der Waals surface area contributed by atoms with Crippen molar-refractivity contribution in [3.8, 4) is 5.75 Å². The molecule has 0 radical (unpaired) electrons. The molecule has 6 nitrogen and oxygen atoms in total. The maximum absolute atomic E-state index is 13.4. The molecule has 0 fully saturated rings. The third-order valence-electron chi connectivity index (χ3n) is 5.12. The minimum absolute atomic E-state index is 0.0369. The Hall–Kier alpha value is -3.74. The second kappa shape index (κ2) is 8.55. The van der Waals surface area contributed by atoms with E-state index in [2.05, 4.69) is 15.3 Å². The number of phenolic OH excluding ortho intramolecular Hbond substituents is 1. The molecule has 0 atom stereocenters. The summed E-state index contributed by atoms with van der Waals surface area (Å²) in [5, 5.41) is 13.7. The number of pyridine rings is 2. The molecule has 3 aromatic heterocycles. The number of aromatic hydroxyl groups is 1. The predicted octanol–water partition coefficient (Wildman–Crippen LogP) is 4.38. The second-order valence-electron chi connectivity index (χ2n) is 7.72. The molecule has 0 saturated carbocycles. The summed E-state index contributed by atoms with van der Waals surface area (Å²) in [5.41, 5.74) is 3.58. The smallest absolute Gasteiger partial charge is 0.254 e. The molecule has 1 amide bonds. The largest absolute Gasteiger partial charge is 0.508 e. The maximum Gasteiger partial charge on any atom is 0.254 e. The number of rotatable bonds is 6. The van der Waals surface area contributed by atoms with Crippen molar-refractivity contribution in [2.24, 2.45) is 0 Å². The lowest BCUT2D eigenvalue weighted by molar-refractivity contribution is 0.0951. The quantitative estimate of drug-likeness (QED) is 0.487. The zero-order valence-corrected chi connectivity index (χ0v) is 17.3. The average molecular weight is 418 g/mol. The van der Waals surface area contributed by atoms with E-state index >= 15 is 0 Å². The van der Waals surface area contributed by atoms with Crippen molar-refractivity contribution in [3.05, 3.63) is 89.4 Å². The van der Waals surface area contributed by atoms with Crippen molar-refractivity contribution < 1.29 is 14.3 Å². The van der Waals surface area contributed by atoms with Gasteiger partial charge in [0.05, 0.1) is 29.5 Å². The summed E-state index contributed by atoms with van der Waals surface area (Å²) in [6, 6.07) is 12.0. The van der Waals surface area contributed by atoms with E-state index in [1.54, 1.807) is 24.4 Å². The molecular formula is C24H23FN4O2. The number of nitrogens with one attached hydrogen (secondary N) is 1. The fraction of sp³-hybridized carbons (Fsp3) is 0.208. The first-order valence-corrected chi connectivity index (χ1v) is 10.1. The van der Waals surface area contributed by atoms with Gasteiger partial charge in [0.25, 0.3) is 5.91 Å². The van der Waals surface area contributed by atoms with Crippen molar-refractivity contribution in [3.63, 3.8) is 0 Å². The number of carbonyl (C=O) groups is 1. The molecule has 0 saturated heterocycles. The van der Waals surface area contributed by atoms with Crippen LogP contribution in [0, 0.1) is 5.82 Å².